The molecule has 5 rings (SSSR count). The second kappa shape index (κ2) is 9.78. The molecule has 33 heavy (non-hydrogen) atoms. The fraction of sp³-hybridized carbons (Fsp3) is 0.920. The van der Waals surface area contributed by atoms with Crippen LogP contribution in [0.2, 0.25) is 0 Å². The van der Waals surface area contributed by atoms with Crippen LogP contribution in [0, 0.1) is 11.8 Å². The molecule has 3 saturated heterocycles. The first-order valence-corrected chi connectivity index (χ1v) is 13.3. The molecule has 2 aliphatic carbocycles. The van der Waals surface area contributed by atoms with E-state index in [1.807, 2.05) is 9.80 Å². The number of hydrazine groups is 1. The van der Waals surface area contributed by atoms with Crippen LogP contribution in [0.25, 0.3) is 0 Å². The molecule has 2 saturated carbocycles. The van der Waals surface area contributed by atoms with E-state index in [1.165, 1.54) is 0 Å². The van der Waals surface area contributed by atoms with Gasteiger partial charge in [0.05, 0.1) is 18.1 Å². The zero-order valence-corrected chi connectivity index (χ0v) is 20.3. The maximum Gasteiger partial charge on any atom is 0.252 e. The highest BCUT2D eigenvalue weighted by atomic mass is 19.1. The Kier molecular flexibility index (Phi) is 6.96. The SMILES string of the molecule is CC(=O)N1C2CCC(C3CCC(N4CCCN4)C(F)C3)CC2N(C(=O)C2CCCO2)C[C@@H]1C. The Morgan fingerprint density at radius 2 is 1.73 bits per heavy atom. The Labute approximate surface area is 197 Å². The van der Waals surface area contributed by atoms with Gasteiger partial charge >= 0.3 is 0 Å². The number of alkyl halides is 1. The topological polar surface area (TPSA) is 65.1 Å². The molecular formula is C25H41FN4O3. The molecule has 3 aliphatic heterocycles. The van der Waals surface area contributed by atoms with Crippen LogP contribution in [0.5, 0.6) is 0 Å². The van der Waals surface area contributed by atoms with Crippen molar-refractivity contribution in [1.82, 2.24) is 20.2 Å². The van der Waals surface area contributed by atoms with E-state index in [9.17, 15) is 9.59 Å². The van der Waals surface area contributed by atoms with E-state index in [4.69, 9.17) is 4.74 Å². The van der Waals surface area contributed by atoms with Gasteiger partial charge in [0.25, 0.3) is 5.91 Å². The van der Waals surface area contributed by atoms with E-state index >= 15 is 4.39 Å². The van der Waals surface area contributed by atoms with Crippen LogP contribution in [0.1, 0.15) is 71.6 Å². The van der Waals surface area contributed by atoms with Gasteiger partial charge in [-0.2, -0.15) is 0 Å². The number of halogens is 1. The van der Waals surface area contributed by atoms with Crippen LogP contribution in [0.3, 0.4) is 0 Å². The highest BCUT2D eigenvalue weighted by molar-refractivity contribution is 5.82. The summed E-state index contributed by atoms with van der Waals surface area (Å²) in [5.74, 6) is 0.983. The number of nitrogens with zero attached hydrogens (tertiary/aromatic N) is 3. The number of rotatable bonds is 3. The Morgan fingerprint density at radius 1 is 0.970 bits per heavy atom. The lowest BCUT2D eigenvalue weighted by Crippen LogP contribution is -2.68. The Morgan fingerprint density at radius 3 is 2.36 bits per heavy atom. The molecule has 7 unspecified atom stereocenters. The lowest BCUT2D eigenvalue weighted by Gasteiger charge is -2.55. The van der Waals surface area contributed by atoms with Gasteiger partial charge < -0.3 is 14.5 Å². The summed E-state index contributed by atoms with van der Waals surface area (Å²) in [7, 11) is 0. The van der Waals surface area contributed by atoms with Gasteiger partial charge in [-0.1, -0.05) is 0 Å². The number of hydrogen-bond acceptors (Lipinski definition) is 5. The molecule has 0 bridgehead atoms. The molecule has 186 valence electrons. The van der Waals surface area contributed by atoms with Gasteiger partial charge in [-0.25, -0.2) is 9.40 Å². The number of amides is 2. The van der Waals surface area contributed by atoms with E-state index in [0.29, 0.717) is 31.4 Å². The monoisotopic (exact) mass is 464 g/mol. The number of fused-ring (bicyclic) bond motifs is 1. The molecule has 0 aromatic carbocycles. The van der Waals surface area contributed by atoms with Crippen molar-refractivity contribution in [2.45, 2.75) is 108 Å². The van der Waals surface area contributed by atoms with Gasteiger partial charge in [-0.15, -0.1) is 0 Å². The zero-order chi connectivity index (χ0) is 23.1. The minimum absolute atomic E-state index is 0.00131. The first-order valence-electron chi connectivity index (χ1n) is 13.3. The number of hydrogen-bond donors (Lipinski definition) is 1. The smallest absolute Gasteiger partial charge is 0.252 e. The molecule has 5 fully saturated rings. The van der Waals surface area contributed by atoms with Crippen LogP contribution in [0.4, 0.5) is 4.39 Å². The van der Waals surface area contributed by atoms with Crippen LogP contribution < -0.4 is 5.43 Å². The van der Waals surface area contributed by atoms with E-state index in [0.717, 1.165) is 64.5 Å². The second-order valence-corrected chi connectivity index (χ2v) is 11.1. The summed E-state index contributed by atoms with van der Waals surface area (Å²) in [6, 6.07) is 0.112. The third kappa shape index (κ3) is 4.55. The van der Waals surface area contributed by atoms with Gasteiger partial charge in [0.1, 0.15) is 12.3 Å². The Hall–Kier alpha value is -1.25. The second-order valence-electron chi connectivity index (χ2n) is 11.1. The molecule has 3 heterocycles. The van der Waals surface area contributed by atoms with Gasteiger partial charge in [-0.3, -0.25) is 15.0 Å². The fourth-order valence-electron chi connectivity index (χ4n) is 7.58. The molecule has 5 aliphatic rings. The predicted molar refractivity (Wildman–Crippen MR) is 123 cm³/mol. The van der Waals surface area contributed by atoms with Crippen LogP contribution in [-0.4, -0.2) is 89.3 Å². The van der Waals surface area contributed by atoms with E-state index in [-0.39, 0.29) is 42.1 Å². The van der Waals surface area contributed by atoms with Crippen molar-refractivity contribution < 1.29 is 18.7 Å². The molecule has 0 aromatic rings. The molecule has 2 amide bonds. The molecular weight excluding hydrogens is 423 g/mol. The molecule has 0 spiro atoms. The summed E-state index contributed by atoms with van der Waals surface area (Å²) < 4.78 is 21.0. The summed E-state index contributed by atoms with van der Waals surface area (Å²) in [6.45, 7) is 6.84. The third-order valence-electron chi connectivity index (χ3n) is 9.10. The summed E-state index contributed by atoms with van der Waals surface area (Å²) in [5.41, 5.74) is 3.35. The maximum atomic E-state index is 15.3. The number of carbonyl (C=O) groups is 2. The van der Waals surface area contributed by atoms with E-state index in [2.05, 4.69) is 17.4 Å². The van der Waals surface area contributed by atoms with Gasteiger partial charge in [0, 0.05) is 39.2 Å². The number of ether oxygens (including phenoxy) is 1. The van der Waals surface area contributed by atoms with Crippen molar-refractivity contribution in [3.63, 3.8) is 0 Å². The molecule has 0 aromatic heterocycles. The summed E-state index contributed by atoms with van der Waals surface area (Å²) in [6.07, 6.45) is 7.07. The average molecular weight is 465 g/mol. The first-order chi connectivity index (χ1) is 15.9. The van der Waals surface area contributed by atoms with Crippen LogP contribution >= 0.6 is 0 Å². The lowest BCUT2D eigenvalue weighted by atomic mass is 9.68. The van der Waals surface area contributed by atoms with Crippen molar-refractivity contribution >= 4 is 11.8 Å². The average Bonchev–Trinajstić information content (AvgIpc) is 3.52. The normalized spacial score (nSPS) is 42.4. The third-order valence-corrected chi connectivity index (χ3v) is 9.10. The molecule has 7 nitrogen and oxygen atoms in total. The summed E-state index contributed by atoms with van der Waals surface area (Å²) in [5, 5.41) is 2.13. The highest BCUT2D eigenvalue weighted by Crippen LogP contribution is 2.44. The molecule has 8 heteroatoms. The zero-order valence-electron chi connectivity index (χ0n) is 20.3. The van der Waals surface area contributed by atoms with Crippen molar-refractivity contribution in [2.24, 2.45) is 11.8 Å². The quantitative estimate of drug-likeness (QED) is 0.695. The minimum atomic E-state index is -0.795. The van der Waals surface area contributed by atoms with Crippen LogP contribution in [0.15, 0.2) is 0 Å². The van der Waals surface area contributed by atoms with E-state index < -0.39 is 6.17 Å². The number of piperazine rings is 1. The molecule has 0 radical (unpaired) electrons. The van der Waals surface area contributed by atoms with E-state index in [1.54, 1.807) is 6.92 Å². The molecule has 8 atom stereocenters. The number of carbonyl (C=O) groups excluding carboxylic acids is 2. The van der Waals surface area contributed by atoms with Gasteiger partial charge in [0.2, 0.25) is 5.91 Å². The minimum Gasteiger partial charge on any atom is -0.368 e. The van der Waals surface area contributed by atoms with Crippen molar-refractivity contribution in [2.75, 3.05) is 26.2 Å². The number of nitrogens with one attached hydrogen (secondary N) is 1. The van der Waals surface area contributed by atoms with Gasteiger partial charge in [-0.05, 0) is 76.5 Å². The largest absolute Gasteiger partial charge is 0.368 e. The first kappa shape index (κ1) is 23.5. The summed E-state index contributed by atoms with van der Waals surface area (Å²) in [4.78, 5) is 30.0. The molecule has 1 N–H and O–H groups in total. The van der Waals surface area contributed by atoms with Crippen molar-refractivity contribution in [1.29, 1.82) is 0 Å². The van der Waals surface area contributed by atoms with Crippen molar-refractivity contribution in [3.8, 4) is 0 Å². The summed E-state index contributed by atoms with van der Waals surface area (Å²) >= 11 is 0. The Bertz CT molecular complexity index is 726. The van der Waals surface area contributed by atoms with Gasteiger partial charge in [0.15, 0.2) is 0 Å². The predicted octanol–water partition coefficient (Wildman–Crippen LogP) is 2.50. The maximum absolute atomic E-state index is 15.3. The van der Waals surface area contributed by atoms with Crippen molar-refractivity contribution in [3.05, 3.63) is 0 Å². The highest BCUT2D eigenvalue weighted by Gasteiger charge is 2.49. The Balaban J connectivity index is 1.29. The fourth-order valence-corrected chi connectivity index (χ4v) is 7.58. The standard InChI is InChI=1S/C25H41FN4O3/c1-16-15-28(25(32)24-5-3-12-33-24)23-14-19(7-9-22(23)30(16)17(2)31)18-6-8-21(20(26)13-18)29-11-4-10-27-29/h16,18-24,27H,3-15H2,1-2H3/t16-,18?,19?,20?,21?,22?,23?,24?/m0/s1. The lowest BCUT2D eigenvalue weighted by molar-refractivity contribution is -0.160. The van der Waals surface area contributed by atoms with Crippen LogP contribution in [-0.2, 0) is 14.3 Å².